The average molecular weight is 474 g/mol. The van der Waals surface area contributed by atoms with E-state index in [1.165, 1.54) is 7.11 Å². The number of hydrogen-bond donors (Lipinski definition) is 0. The highest BCUT2D eigenvalue weighted by molar-refractivity contribution is 6.32. The van der Waals surface area contributed by atoms with Gasteiger partial charge in [0, 0.05) is 32.4 Å². The molecular weight excluding hydrogens is 446 g/mol. The van der Waals surface area contributed by atoms with Gasteiger partial charge in [0.1, 0.15) is 11.4 Å². The van der Waals surface area contributed by atoms with E-state index >= 15 is 0 Å². The minimum Gasteiger partial charge on any atom is -0.493 e. The van der Waals surface area contributed by atoms with E-state index in [0.717, 1.165) is 0 Å². The zero-order valence-corrected chi connectivity index (χ0v) is 19.7. The van der Waals surface area contributed by atoms with Gasteiger partial charge in [0.05, 0.1) is 37.8 Å². The van der Waals surface area contributed by atoms with Crippen LogP contribution in [0.2, 0.25) is 5.02 Å². The number of likely N-dealkylation sites (tertiary alicyclic amines) is 1. The molecule has 0 aromatic heterocycles. The Hall–Kier alpha value is -2.93. The smallest absolute Gasteiger partial charge is 0.222 e. The Morgan fingerprint density at radius 3 is 2.55 bits per heavy atom. The molecule has 1 saturated heterocycles. The number of hydrogen-bond acceptors (Lipinski definition) is 6. The predicted octanol–water partition coefficient (Wildman–Crippen LogP) is 4.54. The van der Waals surface area contributed by atoms with Crippen LogP contribution in [0.5, 0.6) is 23.0 Å². The number of methoxy groups -OCH3 is 2. The number of benzene rings is 2. The van der Waals surface area contributed by atoms with Crippen LogP contribution in [-0.2, 0) is 4.79 Å². The Bertz CT molecular complexity index is 1030. The van der Waals surface area contributed by atoms with Crippen LogP contribution in [0.4, 0.5) is 0 Å². The number of ether oxygens (including phenoxy) is 4. The van der Waals surface area contributed by atoms with Crippen LogP contribution in [0.25, 0.3) is 0 Å². The van der Waals surface area contributed by atoms with E-state index in [-0.39, 0.29) is 11.7 Å². The summed E-state index contributed by atoms with van der Waals surface area (Å²) in [4.78, 5) is 27.4. The first-order chi connectivity index (χ1) is 16.0. The summed E-state index contributed by atoms with van der Waals surface area (Å²) in [6, 6.07) is 10.7. The molecule has 2 aromatic carbocycles. The molecule has 8 heteroatoms. The molecule has 33 heavy (non-hydrogen) atoms. The maximum absolute atomic E-state index is 12.9. The largest absolute Gasteiger partial charge is 0.493 e. The molecule has 2 aliphatic rings. The van der Waals surface area contributed by atoms with Crippen molar-refractivity contribution in [1.82, 2.24) is 4.90 Å². The van der Waals surface area contributed by atoms with E-state index in [0.29, 0.717) is 85.4 Å². The summed E-state index contributed by atoms with van der Waals surface area (Å²) >= 11 is 6.09. The zero-order chi connectivity index (χ0) is 23.4. The van der Waals surface area contributed by atoms with Crippen molar-refractivity contribution in [3.63, 3.8) is 0 Å². The lowest BCUT2D eigenvalue weighted by molar-refractivity contribution is -0.135. The van der Waals surface area contributed by atoms with Gasteiger partial charge in [0.15, 0.2) is 17.3 Å². The van der Waals surface area contributed by atoms with Crippen LogP contribution in [0.15, 0.2) is 36.4 Å². The summed E-state index contributed by atoms with van der Waals surface area (Å²) in [5.41, 5.74) is -0.122. The third-order valence-corrected chi connectivity index (χ3v) is 6.57. The van der Waals surface area contributed by atoms with Gasteiger partial charge in [0.25, 0.3) is 0 Å². The number of ketones is 1. The summed E-state index contributed by atoms with van der Waals surface area (Å²) in [5.74, 6) is 2.11. The Morgan fingerprint density at radius 2 is 1.85 bits per heavy atom. The number of rotatable bonds is 7. The van der Waals surface area contributed by atoms with Crippen LogP contribution < -0.4 is 18.9 Å². The van der Waals surface area contributed by atoms with E-state index in [9.17, 15) is 9.59 Å². The summed E-state index contributed by atoms with van der Waals surface area (Å²) in [6.07, 6.45) is 2.46. The Balaban J connectivity index is 1.32. The van der Waals surface area contributed by atoms with Gasteiger partial charge in [-0.25, -0.2) is 0 Å². The third kappa shape index (κ3) is 4.88. The molecule has 7 nitrogen and oxygen atoms in total. The van der Waals surface area contributed by atoms with Crippen molar-refractivity contribution in [2.24, 2.45) is 0 Å². The standard InChI is InChI=1S/C25H28ClNO6/c1-30-21-10-9-17-19(28)16-25(33-23(17)24(21)31-2)11-13-27(14-12-25)22(29)8-5-15-32-20-7-4-3-6-18(20)26/h3-4,6-7,9-10H,5,8,11-16H2,1-2H3. The Kier molecular flexibility index (Phi) is 6.98. The number of carbonyl (C=O) groups excluding carboxylic acids is 2. The first kappa shape index (κ1) is 23.2. The molecule has 2 aliphatic heterocycles. The number of para-hydroxylation sites is 1. The van der Waals surface area contributed by atoms with Crippen molar-refractivity contribution in [1.29, 1.82) is 0 Å². The van der Waals surface area contributed by atoms with E-state index in [4.69, 9.17) is 30.5 Å². The fourth-order valence-electron chi connectivity index (χ4n) is 4.43. The highest BCUT2D eigenvalue weighted by Gasteiger charge is 2.45. The molecule has 4 rings (SSSR count). The number of Topliss-reactive ketones (excluding diaryl/α,β-unsaturated/α-hetero) is 1. The van der Waals surface area contributed by atoms with Crippen molar-refractivity contribution < 1.29 is 28.5 Å². The van der Waals surface area contributed by atoms with Crippen molar-refractivity contribution in [2.45, 2.75) is 37.7 Å². The first-order valence-electron chi connectivity index (χ1n) is 11.1. The molecule has 1 fully saturated rings. The molecule has 176 valence electrons. The third-order valence-electron chi connectivity index (χ3n) is 6.26. The molecule has 0 N–H and O–H groups in total. The maximum Gasteiger partial charge on any atom is 0.222 e. The molecule has 0 bridgehead atoms. The van der Waals surface area contributed by atoms with E-state index in [1.807, 2.05) is 23.1 Å². The second-order valence-corrected chi connectivity index (χ2v) is 8.73. The quantitative estimate of drug-likeness (QED) is 0.549. The molecule has 0 aliphatic carbocycles. The van der Waals surface area contributed by atoms with Crippen molar-refractivity contribution >= 4 is 23.3 Å². The monoisotopic (exact) mass is 473 g/mol. The number of amides is 1. The molecule has 1 amide bonds. The fraction of sp³-hybridized carbons (Fsp3) is 0.440. The minimum absolute atomic E-state index is 0.0219. The highest BCUT2D eigenvalue weighted by Crippen LogP contribution is 2.47. The molecule has 2 aromatic rings. The maximum atomic E-state index is 12.9. The summed E-state index contributed by atoms with van der Waals surface area (Å²) in [5, 5.41) is 0.558. The second kappa shape index (κ2) is 9.91. The van der Waals surface area contributed by atoms with Crippen LogP contribution >= 0.6 is 11.6 Å². The lowest BCUT2D eigenvalue weighted by Gasteiger charge is -2.44. The van der Waals surface area contributed by atoms with Gasteiger partial charge in [-0.2, -0.15) is 0 Å². The second-order valence-electron chi connectivity index (χ2n) is 8.33. The molecule has 0 atom stereocenters. The number of carbonyl (C=O) groups is 2. The lowest BCUT2D eigenvalue weighted by atomic mass is 9.82. The number of nitrogens with zero attached hydrogens (tertiary/aromatic N) is 1. The van der Waals surface area contributed by atoms with Gasteiger partial charge < -0.3 is 23.8 Å². The molecule has 0 radical (unpaired) electrons. The van der Waals surface area contributed by atoms with Gasteiger partial charge in [-0.05, 0) is 30.7 Å². The molecule has 1 spiro atoms. The summed E-state index contributed by atoms with van der Waals surface area (Å²) in [7, 11) is 3.08. The fourth-order valence-corrected chi connectivity index (χ4v) is 4.62. The zero-order valence-electron chi connectivity index (χ0n) is 18.9. The minimum atomic E-state index is -0.631. The molecular formula is C25H28ClNO6. The van der Waals surface area contributed by atoms with Crippen LogP contribution in [-0.4, -0.2) is 56.1 Å². The number of piperidine rings is 1. The van der Waals surface area contributed by atoms with Crippen molar-refractivity contribution in [3.05, 3.63) is 47.0 Å². The lowest BCUT2D eigenvalue weighted by Crippen LogP contribution is -2.52. The van der Waals surface area contributed by atoms with Gasteiger partial charge in [-0.3, -0.25) is 9.59 Å². The average Bonchev–Trinajstić information content (AvgIpc) is 2.82. The molecule has 0 saturated carbocycles. The van der Waals surface area contributed by atoms with Crippen LogP contribution in [0, 0.1) is 0 Å². The summed E-state index contributed by atoms with van der Waals surface area (Å²) in [6.45, 7) is 1.50. The number of halogens is 1. The number of fused-ring (bicyclic) bond motifs is 1. The van der Waals surface area contributed by atoms with Gasteiger partial charge in [-0.15, -0.1) is 0 Å². The SMILES string of the molecule is COc1ccc2c(c1OC)OC1(CCN(C(=O)CCCOc3ccccc3Cl)CC1)CC2=O. The Labute approximate surface area is 198 Å². The van der Waals surface area contributed by atoms with E-state index in [1.54, 1.807) is 25.3 Å². The van der Waals surface area contributed by atoms with Crippen molar-refractivity contribution in [2.75, 3.05) is 33.9 Å². The molecule has 2 heterocycles. The topological polar surface area (TPSA) is 74.3 Å². The first-order valence-corrected chi connectivity index (χ1v) is 11.5. The normalized spacial score (nSPS) is 16.7. The Morgan fingerprint density at radius 1 is 1.09 bits per heavy atom. The predicted molar refractivity (Wildman–Crippen MR) is 124 cm³/mol. The van der Waals surface area contributed by atoms with E-state index in [2.05, 4.69) is 0 Å². The van der Waals surface area contributed by atoms with E-state index < -0.39 is 5.60 Å². The van der Waals surface area contributed by atoms with Gasteiger partial charge >= 0.3 is 0 Å². The van der Waals surface area contributed by atoms with Crippen LogP contribution in [0.1, 0.15) is 42.5 Å². The van der Waals surface area contributed by atoms with Gasteiger partial charge in [-0.1, -0.05) is 23.7 Å². The summed E-state index contributed by atoms with van der Waals surface area (Å²) < 4.78 is 22.9. The van der Waals surface area contributed by atoms with Gasteiger partial charge in [0.2, 0.25) is 11.7 Å². The molecule has 0 unspecified atom stereocenters. The van der Waals surface area contributed by atoms with Crippen molar-refractivity contribution in [3.8, 4) is 23.0 Å². The highest BCUT2D eigenvalue weighted by atomic mass is 35.5. The van der Waals surface area contributed by atoms with Crippen LogP contribution in [0.3, 0.4) is 0 Å².